The second-order valence-corrected chi connectivity index (χ2v) is 10.1. The molecule has 0 unspecified atom stereocenters. The molecule has 1 aromatic heterocycles. The summed E-state index contributed by atoms with van der Waals surface area (Å²) in [5, 5.41) is 3.36. The predicted molar refractivity (Wildman–Crippen MR) is 127 cm³/mol. The Kier molecular flexibility index (Phi) is 7.14. The standard InChI is InChI=1S/C23H25ClN4O4S/c1-2-27-10-12-28(13-11-27)33(30,31)21-5-3-4-19(14-21)25-22(29)15-20-16-32-23(26-20)17-6-8-18(24)9-7-17/h3-9,14,16H,2,10-13,15H2,1H3,(H,25,29). The molecule has 1 fully saturated rings. The Hall–Kier alpha value is -2.72. The van der Waals surface area contributed by atoms with Gasteiger partial charge in [0.25, 0.3) is 0 Å². The fourth-order valence-corrected chi connectivity index (χ4v) is 5.25. The lowest BCUT2D eigenvalue weighted by molar-refractivity contribution is -0.115. The fourth-order valence-electron chi connectivity index (χ4n) is 3.65. The maximum atomic E-state index is 13.0. The zero-order valence-electron chi connectivity index (χ0n) is 18.2. The molecule has 3 aromatic rings. The summed E-state index contributed by atoms with van der Waals surface area (Å²) >= 11 is 5.90. The van der Waals surface area contributed by atoms with Crippen LogP contribution in [0.2, 0.25) is 5.02 Å². The number of aromatic nitrogens is 1. The van der Waals surface area contributed by atoms with Crippen LogP contribution in [-0.2, 0) is 21.2 Å². The molecule has 33 heavy (non-hydrogen) atoms. The van der Waals surface area contributed by atoms with Crippen LogP contribution in [0.5, 0.6) is 0 Å². The van der Waals surface area contributed by atoms with Crippen molar-refractivity contribution in [1.82, 2.24) is 14.2 Å². The van der Waals surface area contributed by atoms with Gasteiger partial charge in [-0.05, 0) is 49.0 Å². The monoisotopic (exact) mass is 488 g/mol. The lowest BCUT2D eigenvalue weighted by Gasteiger charge is -2.33. The highest BCUT2D eigenvalue weighted by molar-refractivity contribution is 7.89. The van der Waals surface area contributed by atoms with Crippen LogP contribution in [-0.4, -0.2) is 61.2 Å². The van der Waals surface area contributed by atoms with Gasteiger partial charge in [0.15, 0.2) is 0 Å². The van der Waals surface area contributed by atoms with Gasteiger partial charge in [0.2, 0.25) is 21.8 Å². The number of nitrogens with one attached hydrogen (secondary N) is 1. The Bertz CT molecular complexity index is 1220. The number of anilines is 1. The largest absolute Gasteiger partial charge is 0.444 e. The minimum absolute atomic E-state index is 0.00690. The zero-order valence-corrected chi connectivity index (χ0v) is 19.8. The molecule has 0 aliphatic carbocycles. The van der Waals surface area contributed by atoms with E-state index in [1.54, 1.807) is 42.5 Å². The van der Waals surface area contributed by atoms with Gasteiger partial charge >= 0.3 is 0 Å². The number of sulfonamides is 1. The number of piperazine rings is 1. The summed E-state index contributed by atoms with van der Waals surface area (Å²) in [5.74, 6) is 0.0720. The molecular weight excluding hydrogens is 464 g/mol. The SMILES string of the molecule is CCN1CCN(S(=O)(=O)c2cccc(NC(=O)Cc3coc(-c4ccc(Cl)cc4)n3)c2)CC1. The molecule has 4 rings (SSSR count). The molecule has 1 N–H and O–H groups in total. The first-order chi connectivity index (χ1) is 15.8. The lowest BCUT2D eigenvalue weighted by atomic mass is 10.2. The van der Waals surface area contributed by atoms with Crippen molar-refractivity contribution in [1.29, 1.82) is 0 Å². The molecule has 0 spiro atoms. The number of nitrogens with zero attached hydrogens (tertiary/aromatic N) is 3. The van der Waals surface area contributed by atoms with Gasteiger partial charge in [-0.15, -0.1) is 0 Å². The van der Waals surface area contributed by atoms with Crippen LogP contribution in [0.3, 0.4) is 0 Å². The van der Waals surface area contributed by atoms with Gasteiger partial charge in [-0.3, -0.25) is 4.79 Å². The van der Waals surface area contributed by atoms with E-state index >= 15 is 0 Å². The van der Waals surface area contributed by atoms with Crippen molar-refractivity contribution in [2.24, 2.45) is 0 Å². The first-order valence-electron chi connectivity index (χ1n) is 10.7. The van der Waals surface area contributed by atoms with Crippen LogP contribution >= 0.6 is 11.6 Å². The number of amides is 1. The van der Waals surface area contributed by atoms with E-state index in [1.807, 2.05) is 0 Å². The van der Waals surface area contributed by atoms with Crippen LogP contribution in [0.4, 0.5) is 5.69 Å². The smallest absolute Gasteiger partial charge is 0.243 e. The van der Waals surface area contributed by atoms with E-state index in [1.165, 1.54) is 16.6 Å². The number of carbonyl (C=O) groups is 1. The van der Waals surface area contributed by atoms with Gasteiger partial charge in [-0.2, -0.15) is 4.31 Å². The van der Waals surface area contributed by atoms with Crippen molar-refractivity contribution in [3.05, 3.63) is 65.5 Å². The number of likely N-dealkylation sites (N-methyl/N-ethyl adjacent to an activating group) is 1. The van der Waals surface area contributed by atoms with E-state index in [-0.39, 0.29) is 17.2 Å². The minimum atomic E-state index is -3.62. The second-order valence-electron chi connectivity index (χ2n) is 7.74. The van der Waals surface area contributed by atoms with Crippen LogP contribution < -0.4 is 5.32 Å². The van der Waals surface area contributed by atoms with Crippen molar-refractivity contribution in [3.63, 3.8) is 0 Å². The van der Waals surface area contributed by atoms with Gasteiger partial charge in [-0.1, -0.05) is 24.6 Å². The van der Waals surface area contributed by atoms with E-state index < -0.39 is 10.0 Å². The maximum absolute atomic E-state index is 13.0. The first kappa shape index (κ1) is 23.4. The molecule has 1 aliphatic heterocycles. The molecule has 1 saturated heterocycles. The molecule has 10 heteroatoms. The predicted octanol–water partition coefficient (Wildman–Crippen LogP) is 3.50. The Balaban J connectivity index is 1.40. The average Bonchev–Trinajstić information content (AvgIpc) is 3.28. The Morgan fingerprint density at radius 3 is 2.55 bits per heavy atom. The molecule has 0 bridgehead atoms. The lowest BCUT2D eigenvalue weighted by Crippen LogP contribution is -2.48. The van der Waals surface area contributed by atoms with Gasteiger partial charge in [0.05, 0.1) is 17.0 Å². The third kappa shape index (κ3) is 5.62. The van der Waals surface area contributed by atoms with Crippen molar-refractivity contribution in [2.45, 2.75) is 18.2 Å². The fraction of sp³-hybridized carbons (Fsp3) is 0.304. The second kappa shape index (κ2) is 10.0. The summed E-state index contributed by atoms with van der Waals surface area (Å²) in [4.78, 5) is 19.3. The van der Waals surface area contributed by atoms with E-state index in [9.17, 15) is 13.2 Å². The summed E-state index contributed by atoms with van der Waals surface area (Å²) in [5.41, 5.74) is 1.63. The highest BCUT2D eigenvalue weighted by Crippen LogP contribution is 2.23. The Labute approximate surface area is 198 Å². The number of halogens is 1. The van der Waals surface area contributed by atoms with Crippen LogP contribution in [0.1, 0.15) is 12.6 Å². The molecule has 0 saturated carbocycles. The van der Waals surface area contributed by atoms with Crippen molar-refractivity contribution >= 4 is 33.2 Å². The molecule has 2 heterocycles. The molecule has 8 nitrogen and oxygen atoms in total. The molecule has 1 aliphatic rings. The summed E-state index contributed by atoms with van der Waals surface area (Å²) < 4.78 is 33.0. The van der Waals surface area contributed by atoms with Crippen LogP contribution in [0.25, 0.3) is 11.5 Å². The quantitative estimate of drug-likeness (QED) is 0.547. The van der Waals surface area contributed by atoms with E-state index in [0.717, 1.165) is 12.1 Å². The molecule has 174 valence electrons. The van der Waals surface area contributed by atoms with Crippen LogP contribution in [0.15, 0.2) is 64.1 Å². The maximum Gasteiger partial charge on any atom is 0.243 e. The van der Waals surface area contributed by atoms with Gasteiger partial charge in [0.1, 0.15) is 6.26 Å². The Morgan fingerprint density at radius 1 is 1.12 bits per heavy atom. The summed E-state index contributed by atoms with van der Waals surface area (Å²) in [6.45, 7) is 5.30. The molecule has 0 atom stereocenters. The minimum Gasteiger partial charge on any atom is -0.444 e. The molecular formula is C23H25ClN4O4S. The summed E-state index contributed by atoms with van der Waals surface area (Å²) in [7, 11) is -3.62. The normalized spacial score (nSPS) is 15.5. The summed E-state index contributed by atoms with van der Waals surface area (Å²) in [6.07, 6.45) is 1.42. The van der Waals surface area contributed by atoms with Crippen molar-refractivity contribution in [3.8, 4) is 11.5 Å². The first-order valence-corrected chi connectivity index (χ1v) is 12.5. The molecule has 2 aromatic carbocycles. The third-order valence-corrected chi connectivity index (χ3v) is 7.67. The summed E-state index contributed by atoms with van der Waals surface area (Å²) in [6, 6.07) is 13.4. The zero-order chi connectivity index (χ0) is 23.4. The average molecular weight is 489 g/mol. The highest BCUT2D eigenvalue weighted by Gasteiger charge is 2.28. The molecule has 0 radical (unpaired) electrons. The third-order valence-electron chi connectivity index (χ3n) is 5.52. The number of oxazole rings is 1. The van der Waals surface area contributed by atoms with E-state index in [4.69, 9.17) is 16.0 Å². The highest BCUT2D eigenvalue weighted by atomic mass is 35.5. The number of hydrogen-bond donors (Lipinski definition) is 1. The van der Waals surface area contributed by atoms with E-state index in [0.29, 0.717) is 48.5 Å². The van der Waals surface area contributed by atoms with Crippen molar-refractivity contribution in [2.75, 3.05) is 38.0 Å². The number of carbonyl (C=O) groups excluding carboxylic acids is 1. The molecule has 1 amide bonds. The van der Waals surface area contributed by atoms with E-state index in [2.05, 4.69) is 22.1 Å². The number of rotatable bonds is 7. The van der Waals surface area contributed by atoms with Gasteiger partial charge in [-0.25, -0.2) is 13.4 Å². The van der Waals surface area contributed by atoms with Crippen LogP contribution in [0, 0.1) is 0 Å². The van der Waals surface area contributed by atoms with Gasteiger partial charge in [0, 0.05) is 42.5 Å². The number of hydrogen-bond acceptors (Lipinski definition) is 6. The van der Waals surface area contributed by atoms with Crippen molar-refractivity contribution < 1.29 is 17.6 Å². The van der Waals surface area contributed by atoms with Gasteiger partial charge < -0.3 is 14.6 Å². The Morgan fingerprint density at radius 2 is 1.85 bits per heavy atom. The topological polar surface area (TPSA) is 95.8 Å². The number of benzene rings is 2.